The van der Waals surface area contributed by atoms with Crippen LogP contribution >= 0.6 is 8.69 Å². The highest BCUT2D eigenvalue weighted by Crippen LogP contribution is 2.16. The maximum Gasteiger partial charge on any atom is 0.327 e. The molecule has 0 saturated heterocycles. The Morgan fingerprint density at radius 3 is 1.69 bits per heavy atom. The summed E-state index contributed by atoms with van der Waals surface area (Å²) >= 11 is 0. The molecule has 39 heavy (non-hydrogen) atoms. The summed E-state index contributed by atoms with van der Waals surface area (Å²) in [6.45, 7) is 4.37. The smallest absolute Gasteiger partial charge is 0.327 e. The molecule has 0 aromatic carbocycles. The molecule has 0 aliphatic rings. The van der Waals surface area contributed by atoms with Crippen molar-refractivity contribution >= 4 is 26.5 Å². The third-order valence-electron chi connectivity index (χ3n) is 7.01. The Balaban J connectivity index is 4.53. The van der Waals surface area contributed by atoms with Gasteiger partial charge in [-0.3, -0.25) is 14.1 Å². The Labute approximate surface area is 239 Å². The van der Waals surface area contributed by atoms with Crippen LogP contribution < -0.4 is 5.32 Å². The summed E-state index contributed by atoms with van der Waals surface area (Å²) < 4.78 is 20.8. The van der Waals surface area contributed by atoms with Gasteiger partial charge in [-0.25, -0.2) is 9.36 Å². The summed E-state index contributed by atoms with van der Waals surface area (Å²) in [7, 11) is -0.532. The minimum atomic E-state index is -1.19. The fourth-order valence-corrected chi connectivity index (χ4v) is 4.82. The molecule has 0 bridgehead atoms. The number of carbonyl (C=O) groups is 3. The van der Waals surface area contributed by atoms with Gasteiger partial charge in [0.25, 0.3) is 0 Å². The number of rotatable bonds is 29. The van der Waals surface area contributed by atoms with Crippen LogP contribution in [0.15, 0.2) is 0 Å². The van der Waals surface area contributed by atoms with Crippen LogP contribution in [0.5, 0.6) is 0 Å². The average molecular weight is 574 g/mol. The van der Waals surface area contributed by atoms with E-state index in [1.54, 1.807) is 0 Å². The number of amides is 1. The molecular formula is C30H56NO7P. The van der Waals surface area contributed by atoms with Crippen molar-refractivity contribution in [3.8, 4) is 0 Å². The molecule has 0 rings (SSSR count). The molecule has 0 fully saturated rings. The highest BCUT2D eigenvalue weighted by atomic mass is 31.1. The first-order valence-corrected chi connectivity index (χ1v) is 16.3. The predicted molar refractivity (Wildman–Crippen MR) is 156 cm³/mol. The van der Waals surface area contributed by atoms with Gasteiger partial charge in [0.05, 0.1) is 13.0 Å². The maximum absolute atomic E-state index is 12.6. The van der Waals surface area contributed by atoms with E-state index in [1.165, 1.54) is 77.0 Å². The molecule has 0 aromatic heterocycles. The summed E-state index contributed by atoms with van der Waals surface area (Å²) in [6.07, 6.45) is 21.3. The van der Waals surface area contributed by atoms with Gasteiger partial charge in [-0.15, -0.1) is 0 Å². The lowest BCUT2D eigenvalue weighted by Crippen LogP contribution is -2.42. The summed E-state index contributed by atoms with van der Waals surface area (Å²) in [5, 5.41) is 11.9. The lowest BCUT2D eigenvalue weighted by atomic mass is 10.0. The van der Waals surface area contributed by atoms with Gasteiger partial charge in [0, 0.05) is 12.8 Å². The van der Waals surface area contributed by atoms with E-state index in [4.69, 9.17) is 4.74 Å². The monoisotopic (exact) mass is 573 g/mol. The largest absolute Gasteiger partial charge is 0.480 e. The lowest BCUT2D eigenvalue weighted by Gasteiger charge is -2.20. The zero-order valence-electron chi connectivity index (χ0n) is 24.8. The Morgan fingerprint density at radius 2 is 1.21 bits per heavy atom. The number of carboxylic acids is 1. The van der Waals surface area contributed by atoms with Crippen LogP contribution in [0.25, 0.3) is 0 Å². The third-order valence-corrected chi connectivity index (χ3v) is 7.30. The molecule has 2 atom stereocenters. The van der Waals surface area contributed by atoms with Gasteiger partial charge in [0.1, 0.15) is 12.1 Å². The first-order chi connectivity index (χ1) is 18.9. The molecule has 0 spiro atoms. The number of esters is 1. The van der Waals surface area contributed by atoms with Gasteiger partial charge < -0.3 is 15.2 Å². The summed E-state index contributed by atoms with van der Waals surface area (Å²) in [5.74, 6) is -1.95. The van der Waals surface area contributed by atoms with Crippen molar-refractivity contribution in [1.29, 1.82) is 0 Å². The average Bonchev–Trinajstić information content (AvgIpc) is 2.90. The number of nitrogens with one attached hydrogen (secondary N) is 1. The Hall–Kier alpha value is -1.53. The second kappa shape index (κ2) is 28.0. The van der Waals surface area contributed by atoms with Crippen molar-refractivity contribution in [3.63, 3.8) is 0 Å². The van der Waals surface area contributed by atoms with Crippen molar-refractivity contribution in [2.24, 2.45) is 0 Å². The second-order valence-electron chi connectivity index (χ2n) is 10.7. The van der Waals surface area contributed by atoms with Gasteiger partial charge in [0.15, 0.2) is 0 Å². The van der Waals surface area contributed by atoms with Crippen LogP contribution in [0.4, 0.5) is 0 Å². The van der Waals surface area contributed by atoms with Crippen molar-refractivity contribution in [2.75, 3.05) is 6.61 Å². The Kier molecular flexibility index (Phi) is 26.9. The summed E-state index contributed by atoms with van der Waals surface area (Å²) in [4.78, 5) is 36.6. The first kappa shape index (κ1) is 37.5. The van der Waals surface area contributed by atoms with E-state index in [0.717, 1.165) is 38.5 Å². The molecule has 0 radical (unpaired) electrons. The van der Waals surface area contributed by atoms with E-state index in [0.29, 0.717) is 12.8 Å². The van der Waals surface area contributed by atoms with Crippen molar-refractivity contribution < 1.29 is 33.3 Å². The van der Waals surface area contributed by atoms with E-state index in [9.17, 15) is 24.1 Å². The van der Waals surface area contributed by atoms with Crippen molar-refractivity contribution in [3.05, 3.63) is 0 Å². The number of hydrogen-bond acceptors (Lipinski definition) is 6. The zero-order chi connectivity index (χ0) is 29.0. The molecule has 8 nitrogen and oxygen atoms in total. The molecule has 2 N–H and O–H groups in total. The van der Waals surface area contributed by atoms with E-state index < -0.39 is 32.7 Å². The van der Waals surface area contributed by atoms with Gasteiger partial charge in [0.2, 0.25) is 5.91 Å². The molecule has 1 unspecified atom stereocenters. The van der Waals surface area contributed by atoms with Crippen molar-refractivity contribution in [2.45, 2.75) is 167 Å². The van der Waals surface area contributed by atoms with E-state index >= 15 is 0 Å². The Bertz CT molecular complexity index is 632. The standard InChI is InChI=1S/C30H56NO7P/c1-3-5-7-9-11-13-15-17-19-21-26(25-28(32)31-27(30(34)35)23-24-37-39-36)38-29(33)22-20-18-16-14-12-10-8-6-4-2/h26-27H,3-25H2,1-2H3,(H,31,32)(H,34,35)/t26-,27?/m1/s1. The van der Waals surface area contributed by atoms with Crippen LogP contribution in [0.3, 0.4) is 0 Å². The van der Waals surface area contributed by atoms with E-state index in [2.05, 4.69) is 23.7 Å². The number of carboxylic acid groups (broad SMARTS) is 1. The van der Waals surface area contributed by atoms with Gasteiger partial charge >= 0.3 is 20.6 Å². The highest BCUT2D eigenvalue weighted by Gasteiger charge is 2.23. The van der Waals surface area contributed by atoms with Gasteiger partial charge in [-0.1, -0.05) is 117 Å². The molecular weight excluding hydrogens is 517 g/mol. The number of carbonyl (C=O) groups excluding carboxylic acids is 2. The second-order valence-corrected chi connectivity index (χ2v) is 11.1. The van der Waals surface area contributed by atoms with Crippen LogP contribution in [-0.2, 0) is 28.2 Å². The van der Waals surface area contributed by atoms with Crippen LogP contribution in [0.1, 0.15) is 155 Å². The predicted octanol–water partition coefficient (Wildman–Crippen LogP) is 8.31. The maximum atomic E-state index is 12.6. The Morgan fingerprint density at radius 1 is 0.718 bits per heavy atom. The van der Waals surface area contributed by atoms with Gasteiger partial charge in [-0.05, 0) is 19.3 Å². The number of ether oxygens (including phenoxy) is 1. The molecule has 9 heteroatoms. The third kappa shape index (κ3) is 25.2. The van der Waals surface area contributed by atoms with Crippen LogP contribution in [0.2, 0.25) is 0 Å². The minimum absolute atomic E-state index is 0.00235. The number of unbranched alkanes of at least 4 members (excludes halogenated alkanes) is 16. The zero-order valence-corrected chi connectivity index (χ0v) is 25.7. The fourth-order valence-electron chi connectivity index (χ4n) is 4.64. The summed E-state index contributed by atoms with van der Waals surface area (Å²) in [5.41, 5.74) is 0. The van der Waals surface area contributed by atoms with Crippen LogP contribution in [-0.4, -0.2) is 41.7 Å². The molecule has 0 aliphatic heterocycles. The molecule has 0 heterocycles. The summed E-state index contributed by atoms with van der Waals surface area (Å²) in [6, 6.07) is -1.15. The molecule has 1 amide bonds. The van der Waals surface area contributed by atoms with Gasteiger partial charge in [-0.2, -0.15) is 0 Å². The number of hydrogen-bond donors (Lipinski definition) is 2. The van der Waals surface area contributed by atoms with E-state index in [-0.39, 0.29) is 25.4 Å². The van der Waals surface area contributed by atoms with Crippen molar-refractivity contribution in [1.82, 2.24) is 5.32 Å². The molecule has 0 saturated carbocycles. The fraction of sp³-hybridized carbons (Fsp3) is 0.900. The van der Waals surface area contributed by atoms with Crippen LogP contribution in [0, 0.1) is 0 Å². The van der Waals surface area contributed by atoms with E-state index in [1.807, 2.05) is 0 Å². The lowest BCUT2D eigenvalue weighted by molar-refractivity contribution is -0.151. The topological polar surface area (TPSA) is 119 Å². The number of aliphatic carboxylic acids is 1. The molecule has 228 valence electrons. The normalized spacial score (nSPS) is 12.8. The quantitative estimate of drug-likeness (QED) is 0.0524. The minimum Gasteiger partial charge on any atom is -0.480 e. The SMILES string of the molecule is CCCCCCCCCCCC(=O)O[C@H](CCCCCCCCCCC)CC(=O)NC(CCOP=O)C(=O)O. The highest BCUT2D eigenvalue weighted by molar-refractivity contribution is 7.17. The molecule has 0 aliphatic carbocycles. The molecule has 0 aromatic rings. The first-order valence-electron chi connectivity index (χ1n) is 15.6.